The van der Waals surface area contributed by atoms with Crippen molar-refractivity contribution in [2.75, 3.05) is 32.6 Å². The van der Waals surface area contributed by atoms with E-state index >= 15 is 0 Å². The Kier molecular flexibility index (Phi) is 7.05. The van der Waals surface area contributed by atoms with Crippen LogP contribution in [-0.2, 0) is 14.4 Å². The van der Waals surface area contributed by atoms with Gasteiger partial charge in [-0.3, -0.25) is 0 Å². The van der Waals surface area contributed by atoms with Crippen molar-refractivity contribution < 1.29 is 19.0 Å². The second-order valence-corrected chi connectivity index (χ2v) is 6.70. The van der Waals surface area contributed by atoms with E-state index in [9.17, 15) is 4.79 Å². The van der Waals surface area contributed by atoms with E-state index in [4.69, 9.17) is 14.2 Å². The van der Waals surface area contributed by atoms with Crippen molar-refractivity contribution in [3.05, 3.63) is 29.8 Å². The summed E-state index contributed by atoms with van der Waals surface area (Å²) in [7, 11) is 1.65. The van der Waals surface area contributed by atoms with Crippen molar-refractivity contribution in [3.8, 4) is 5.75 Å². The van der Waals surface area contributed by atoms with Crippen LogP contribution in [0, 0.1) is 0 Å². The lowest BCUT2D eigenvalue weighted by molar-refractivity contribution is 0.0256. The highest BCUT2D eigenvalue weighted by atomic mass is 32.2. The Hall–Kier alpha value is -1.40. The summed E-state index contributed by atoms with van der Waals surface area (Å²) in [4.78, 5) is 11.2. The van der Waals surface area contributed by atoms with E-state index in [-0.39, 0.29) is 6.09 Å². The first-order chi connectivity index (χ1) is 11.2. The SMILES string of the molecule is CCCCNC(=O)OCCC1(c2ccc(OC)cc2)OCCS1. The minimum atomic E-state index is -0.435. The van der Waals surface area contributed by atoms with Crippen molar-refractivity contribution in [2.24, 2.45) is 0 Å². The highest BCUT2D eigenvalue weighted by molar-refractivity contribution is 8.00. The Morgan fingerprint density at radius 2 is 2.17 bits per heavy atom. The molecule has 1 unspecified atom stereocenters. The fraction of sp³-hybridized carbons (Fsp3) is 0.588. The second-order valence-electron chi connectivity index (χ2n) is 5.34. The minimum absolute atomic E-state index is 0.330. The number of amides is 1. The zero-order chi connectivity index (χ0) is 16.5. The Balaban J connectivity index is 1.89. The van der Waals surface area contributed by atoms with E-state index in [2.05, 4.69) is 12.2 Å². The lowest BCUT2D eigenvalue weighted by atomic mass is 10.1. The maximum absolute atomic E-state index is 11.6. The van der Waals surface area contributed by atoms with E-state index in [1.807, 2.05) is 24.3 Å². The topological polar surface area (TPSA) is 56.8 Å². The van der Waals surface area contributed by atoms with Crippen LogP contribution in [-0.4, -0.2) is 38.7 Å². The number of unbranched alkanes of at least 4 members (excludes halogenated alkanes) is 1. The molecule has 6 heteroatoms. The van der Waals surface area contributed by atoms with Gasteiger partial charge in [-0.2, -0.15) is 0 Å². The molecule has 1 N–H and O–H groups in total. The largest absolute Gasteiger partial charge is 0.497 e. The second kappa shape index (κ2) is 9.03. The first-order valence-electron chi connectivity index (χ1n) is 8.03. The number of nitrogens with one attached hydrogen (secondary N) is 1. The third kappa shape index (κ3) is 5.04. The van der Waals surface area contributed by atoms with Crippen LogP contribution < -0.4 is 10.1 Å². The molecule has 128 valence electrons. The molecule has 1 atom stereocenters. The average molecular weight is 339 g/mol. The summed E-state index contributed by atoms with van der Waals surface area (Å²) < 4.78 is 16.5. The number of carbonyl (C=O) groups excluding carboxylic acids is 1. The zero-order valence-corrected chi connectivity index (χ0v) is 14.6. The maximum Gasteiger partial charge on any atom is 0.407 e. The molecule has 1 heterocycles. The molecule has 1 saturated heterocycles. The Bertz CT molecular complexity index is 486. The predicted octanol–water partition coefficient (Wildman–Crippen LogP) is 3.53. The van der Waals surface area contributed by atoms with Gasteiger partial charge in [0.2, 0.25) is 0 Å². The van der Waals surface area contributed by atoms with Crippen LogP contribution in [0.3, 0.4) is 0 Å². The number of rotatable bonds is 8. The van der Waals surface area contributed by atoms with Crippen molar-refractivity contribution in [2.45, 2.75) is 31.1 Å². The molecule has 0 aromatic heterocycles. The van der Waals surface area contributed by atoms with Crippen molar-refractivity contribution in [3.63, 3.8) is 0 Å². The monoisotopic (exact) mass is 339 g/mol. The van der Waals surface area contributed by atoms with Gasteiger partial charge in [-0.25, -0.2) is 4.79 Å². The molecule has 1 amide bonds. The molecule has 1 aliphatic rings. The smallest absolute Gasteiger partial charge is 0.407 e. The summed E-state index contributed by atoms with van der Waals surface area (Å²) in [5, 5.41) is 2.75. The number of benzene rings is 1. The van der Waals surface area contributed by atoms with Crippen molar-refractivity contribution >= 4 is 17.9 Å². The number of thioether (sulfide) groups is 1. The van der Waals surface area contributed by atoms with Crippen molar-refractivity contribution in [1.29, 1.82) is 0 Å². The van der Waals surface area contributed by atoms with E-state index < -0.39 is 4.93 Å². The number of hydrogen-bond acceptors (Lipinski definition) is 5. The van der Waals surface area contributed by atoms with Crippen LogP contribution in [0.5, 0.6) is 5.75 Å². The van der Waals surface area contributed by atoms with E-state index in [1.54, 1.807) is 18.9 Å². The molecule has 1 aliphatic heterocycles. The molecule has 5 nitrogen and oxygen atoms in total. The summed E-state index contributed by atoms with van der Waals surface area (Å²) in [6.45, 7) is 3.78. The Morgan fingerprint density at radius 1 is 1.39 bits per heavy atom. The van der Waals surface area contributed by atoms with Crippen LogP contribution >= 0.6 is 11.8 Å². The lowest BCUT2D eigenvalue weighted by Crippen LogP contribution is -2.29. The standard InChI is InChI=1S/C17H25NO4S/c1-3-4-10-18-16(19)21-11-9-17(22-12-13-23-17)14-5-7-15(20-2)8-6-14/h5-8H,3-4,9-13H2,1-2H3,(H,18,19). The van der Waals surface area contributed by atoms with Crippen LogP contribution in [0.2, 0.25) is 0 Å². The molecule has 1 aromatic rings. The summed E-state index contributed by atoms with van der Waals surface area (Å²) >= 11 is 1.75. The van der Waals surface area contributed by atoms with Crippen molar-refractivity contribution in [1.82, 2.24) is 5.32 Å². The number of alkyl carbamates (subject to hydrolysis) is 1. The molecule has 23 heavy (non-hydrogen) atoms. The third-order valence-corrected chi connectivity index (χ3v) is 5.14. The van der Waals surface area contributed by atoms with Gasteiger partial charge in [-0.05, 0) is 24.1 Å². The van der Waals surface area contributed by atoms with E-state index in [1.165, 1.54) is 0 Å². The molecule has 0 bridgehead atoms. The summed E-state index contributed by atoms with van der Waals surface area (Å²) in [5.74, 6) is 1.76. The molecule has 0 saturated carbocycles. The molecular weight excluding hydrogens is 314 g/mol. The van der Waals surface area contributed by atoms with Gasteiger partial charge in [0.05, 0.1) is 20.3 Å². The van der Waals surface area contributed by atoms with Crippen LogP contribution in [0.4, 0.5) is 4.79 Å². The van der Waals surface area contributed by atoms with Gasteiger partial charge in [0, 0.05) is 18.7 Å². The minimum Gasteiger partial charge on any atom is -0.497 e. The Morgan fingerprint density at radius 3 is 2.78 bits per heavy atom. The fourth-order valence-electron chi connectivity index (χ4n) is 2.45. The summed E-state index contributed by atoms with van der Waals surface area (Å²) in [6, 6.07) is 7.88. The summed E-state index contributed by atoms with van der Waals surface area (Å²) in [6.07, 6.45) is 2.28. The highest BCUT2D eigenvalue weighted by Crippen LogP contribution is 2.45. The van der Waals surface area contributed by atoms with Gasteiger partial charge < -0.3 is 19.5 Å². The van der Waals surface area contributed by atoms with Gasteiger partial charge >= 0.3 is 6.09 Å². The Labute approximate surface area is 142 Å². The van der Waals surface area contributed by atoms with Gasteiger partial charge in [0.15, 0.2) is 0 Å². The predicted molar refractivity (Wildman–Crippen MR) is 92.0 cm³/mol. The number of hydrogen-bond donors (Lipinski definition) is 1. The average Bonchev–Trinajstić information content (AvgIpc) is 3.05. The lowest BCUT2D eigenvalue weighted by Gasteiger charge is -2.28. The van der Waals surface area contributed by atoms with E-state index in [0.717, 1.165) is 29.9 Å². The van der Waals surface area contributed by atoms with Crippen LogP contribution in [0.15, 0.2) is 24.3 Å². The quantitative estimate of drug-likeness (QED) is 0.734. The molecule has 0 radical (unpaired) electrons. The van der Waals surface area contributed by atoms with Gasteiger partial charge in [0.1, 0.15) is 10.7 Å². The number of carbonyl (C=O) groups is 1. The third-order valence-electron chi connectivity index (χ3n) is 3.75. The van der Waals surface area contributed by atoms with Crippen LogP contribution in [0.1, 0.15) is 31.7 Å². The summed E-state index contributed by atoms with van der Waals surface area (Å²) in [5.41, 5.74) is 1.08. The molecular formula is C17H25NO4S. The molecule has 2 rings (SSSR count). The zero-order valence-electron chi connectivity index (χ0n) is 13.8. The molecule has 1 aromatic carbocycles. The van der Waals surface area contributed by atoms with E-state index in [0.29, 0.717) is 26.2 Å². The normalized spacial score (nSPS) is 20.3. The molecule has 0 spiro atoms. The maximum atomic E-state index is 11.6. The number of ether oxygens (including phenoxy) is 3. The van der Waals surface area contributed by atoms with Gasteiger partial charge in [0.25, 0.3) is 0 Å². The first kappa shape index (κ1) is 17.9. The van der Waals surface area contributed by atoms with Gasteiger partial charge in [-0.15, -0.1) is 11.8 Å². The number of methoxy groups -OCH3 is 1. The highest BCUT2D eigenvalue weighted by Gasteiger charge is 2.38. The van der Waals surface area contributed by atoms with Gasteiger partial charge in [-0.1, -0.05) is 25.5 Å². The molecule has 1 fully saturated rings. The van der Waals surface area contributed by atoms with Crippen LogP contribution in [0.25, 0.3) is 0 Å². The fourth-order valence-corrected chi connectivity index (χ4v) is 3.64. The first-order valence-corrected chi connectivity index (χ1v) is 9.02. The molecule has 0 aliphatic carbocycles.